The molecule has 0 N–H and O–H groups in total. The number of aryl methyl sites for hydroxylation is 1. The van der Waals surface area contributed by atoms with Crippen molar-refractivity contribution in [3.63, 3.8) is 0 Å². The molecule has 2 aromatic carbocycles. The molecule has 1 aliphatic heterocycles. The number of hydrogen-bond acceptors (Lipinski definition) is 2. The van der Waals surface area contributed by atoms with Crippen LogP contribution in [-0.4, -0.2) is 25.8 Å². The Bertz CT molecular complexity index is 900. The summed E-state index contributed by atoms with van der Waals surface area (Å²) in [6, 6.07) is 14.5. The largest absolute Gasteiger partial charge is 0.243 e. The van der Waals surface area contributed by atoms with Crippen LogP contribution in [0.4, 0.5) is 0 Å². The van der Waals surface area contributed by atoms with Gasteiger partial charge in [0.25, 0.3) is 0 Å². The zero-order chi connectivity index (χ0) is 18.0. The first kappa shape index (κ1) is 17.9. The summed E-state index contributed by atoms with van der Waals surface area (Å²) in [7, 11) is -3.51. The molecule has 0 aromatic heterocycles. The lowest BCUT2D eigenvalue weighted by Crippen LogP contribution is -2.28. The molecule has 2 aromatic rings. The van der Waals surface area contributed by atoms with E-state index in [1.807, 2.05) is 55.5 Å². The van der Waals surface area contributed by atoms with Crippen LogP contribution in [0.2, 0.25) is 5.02 Å². The summed E-state index contributed by atoms with van der Waals surface area (Å²) in [4.78, 5) is 0.327. The second-order valence-electron chi connectivity index (χ2n) is 6.22. The summed E-state index contributed by atoms with van der Waals surface area (Å²) in [6.07, 6.45) is 3.83. The molecule has 0 bridgehead atoms. The van der Waals surface area contributed by atoms with Crippen LogP contribution in [0.5, 0.6) is 0 Å². The summed E-state index contributed by atoms with van der Waals surface area (Å²) in [5.41, 5.74) is 3.07. The molecule has 5 heteroatoms. The Kier molecular flexibility index (Phi) is 5.13. The summed E-state index contributed by atoms with van der Waals surface area (Å²) in [6.45, 7) is 6.59. The van der Waals surface area contributed by atoms with Crippen molar-refractivity contribution in [3.05, 3.63) is 82.9 Å². The topological polar surface area (TPSA) is 37.4 Å². The van der Waals surface area contributed by atoms with Gasteiger partial charge in [-0.2, -0.15) is 4.31 Å². The Morgan fingerprint density at radius 2 is 1.76 bits per heavy atom. The monoisotopic (exact) mass is 373 g/mol. The minimum Gasteiger partial charge on any atom is -0.207 e. The molecule has 0 radical (unpaired) electrons. The minimum absolute atomic E-state index is 0.0101. The van der Waals surface area contributed by atoms with Crippen molar-refractivity contribution < 1.29 is 8.42 Å². The van der Waals surface area contributed by atoms with Crippen molar-refractivity contribution in [1.29, 1.82) is 0 Å². The quantitative estimate of drug-likeness (QED) is 0.738. The van der Waals surface area contributed by atoms with Gasteiger partial charge in [0.15, 0.2) is 0 Å². The van der Waals surface area contributed by atoms with E-state index in [1.54, 1.807) is 12.1 Å². The Morgan fingerprint density at radius 1 is 1.12 bits per heavy atom. The number of sulfonamides is 1. The fourth-order valence-corrected chi connectivity index (χ4v) is 4.50. The molecule has 0 aliphatic carbocycles. The highest BCUT2D eigenvalue weighted by molar-refractivity contribution is 7.89. The lowest BCUT2D eigenvalue weighted by atomic mass is 10.0. The van der Waals surface area contributed by atoms with Crippen LogP contribution in [0.25, 0.3) is 6.08 Å². The Morgan fingerprint density at radius 3 is 2.36 bits per heavy atom. The summed E-state index contributed by atoms with van der Waals surface area (Å²) >= 11 is 5.92. The van der Waals surface area contributed by atoms with Gasteiger partial charge in [0.2, 0.25) is 10.0 Å². The van der Waals surface area contributed by atoms with E-state index in [1.165, 1.54) is 4.31 Å². The van der Waals surface area contributed by atoms with Gasteiger partial charge in [0.05, 0.1) is 4.90 Å². The maximum atomic E-state index is 12.9. The average molecular weight is 374 g/mol. The first-order chi connectivity index (χ1) is 11.9. The van der Waals surface area contributed by atoms with Crippen LogP contribution in [0, 0.1) is 12.8 Å². The fraction of sp³-hybridized carbons (Fsp3) is 0.200. The smallest absolute Gasteiger partial charge is 0.207 e. The van der Waals surface area contributed by atoms with Crippen molar-refractivity contribution in [3.8, 4) is 0 Å². The Balaban J connectivity index is 1.89. The number of halogens is 1. The van der Waals surface area contributed by atoms with E-state index >= 15 is 0 Å². The molecule has 1 heterocycles. The van der Waals surface area contributed by atoms with Gasteiger partial charge in [0, 0.05) is 24.0 Å². The molecule has 3 rings (SSSR count). The molecule has 0 spiro atoms. The average Bonchev–Trinajstić information content (AvgIpc) is 3.01. The molecule has 1 saturated heterocycles. The molecule has 130 valence electrons. The number of hydrogen-bond donors (Lipinski definition) is 0. The predicted molar refractivity (Wildman–Crippen MR) is 103 cm³/mol. The van der Waals surface area contributed by atoms with Crippen LogP contribution in [0.15, 0.2) is 71.7 Å². The van der Waals surface area contributed by atoms with Gasteiger partial charge in [-0.3, -0.25) is 0 Å². The van der Waals surface area contributed by atoms with Crippen molar-refractivity contribution >= 4 is 27.7 Å². The van der Waals surface area contributed by atoms with E-state index in [0.29, 0.717) is 23.0 Å². The van der Waals surface area contributed by atoms with E-state index < -0.39 is 10.0 Å². The Labute approximate surface area is 154 Å². The molecule has 1 aliphatic rings. The second-order valence-corrected chi connectivity index (χ2v) is 8.60. The second kappa shape index (κ2) is 7.16. The van der Waals surface area contributed by atoms with Crippen molar-refractivity contribution in [2.24, 2.45) is 5.92 Å². The molecule has 1 unspecified atom stereocenters. The van der Waals surface area contributed by atoms with Gasteiger partial charge in [-0.25, -0.2) is 8.42 Å². The first-order valence-electron chi connectivity index (χ1n) is 8.05. The third-order valence-corrected chi connectivity index (χ3v) is 6.48. The van der Waals surface area contributed by atoms with E-state index in [4.69, 9.17) is 11.6 Å². The third kappa shape index (κ3) is 3.87. The number of rotatable bonds is 4. The van der Waals surface area contributed by atoms with Crippen LogP contribution in [-0.2, 0) is 10.0 Å². The zero-order valence-corrected chi connectivity index (χ0v) is 15.6. The van der Waals surface area contributed by atoms with Crippen LogP contribution < -0.4 is 0 Å². The molecular weight excluding hydrogens is 354 g/mol. The van der Waals surface area contributed by atoms with Crippen molar-refractivity contribution in [1.82, 2.24) is 4.31 Å². The standard InChI is InChI=1S/C20H20ClNO2S/c1-3-17-13-22(25(23,24)20-10-4-15(2)5-11-20)14-18(17)12-16-6-8-19(21)9-7-16/h3-12,17H,1,13-14H2,2H3/b18-12-. The van der Waals surface area contributed by atoms with Gasteiger partial charge in [0.1, 0.15) is 0 Å². The summed E-state index contributed by atoms with van der Waals surface area (Å²) in [5.74, 6) is 0.0101. The third-order valence-electron chi connectivity index (χ3n) is 4.40. The lowest BCUT2D eigenvalue weighted by molar-refractivity contribution is 0.471. The van der Waals surface area contributed by atoms with Gasteiger partial charge >= 0.3 is 0 Å². The normalized spacial score (nSPS) is 20.1. The molecule has 0 saturated carbocycles. The number of benzene rings is 2. The maximum absolute atomic E-state index is 12.9. The predicted octanol–water partition coefficient (Wildman–Crippen LogP) is 4.54. The zero-order valence-electron chi connectivity index (χ0n) is 14.0. The van der Waals surface area contributed by atoms with Gasteiger partial charge < -0.3 is 0 Å². The molecule has 1 fully saturated rings. The number of nitrogens with zero attached hydrogens (tertiary/aromatic N) is 1. The highest BCUT2D eigenvalue weighted by atomic mass is 35.5. The van der Waals surface area contributed by atoms with Crippen LogP contribution in [0.1, 0.15) is 11.1 Å². The van der Waals surface area contributed by atoms with Gasteiger partial charge in [-0.1, -0.05) is 53.6 Å². The first-order valence-corrected chi connectivity index (χ1v) is 9.87. The van der Waals surface area contributed by atoms with E-state index in [-0.39, 0.29) is 5.92 Å². The maximum Gasteiger partial charge on any atom is 0.243 e. The molecule has 3 nitrogen and oxygen atoms in total. The van der Waals surface area contributed by atoms with E-state index in [2.05, 4.69) is 6.58 Å². The van der Waals surface area contributed by atoms with Crippen molar-refractivity contribution in [2.75, 3.05) is 13.1 Å². The Hall–Kier alpha value is -1.88. The van der Waals surface area contributed by atoms with Gasteiger partial charge in [-0.05, 0) is 42.3 Å². The summed E-state index contributed by atoms with van der Waals surface area (Å²) < 4.78 is 27.3. The summed E-state index contributed by atoms with van der Waals surface area (Å²) in [5, 5.41) is 0.678. The lowest BCUT2D eigenvalue weighted by Gasteiger charge is -2.15. The minimum atomic E-state index is -3.51. The highest BCUT2D eigenvalue weighted by Gasteiger charge is 2.34. The van der Waals surface area contributed by atoms with Crippen LogP contribution in [0.3, 0.4) is 0 Å². The highest BCUT2D eigenvalue weighted by Crippen LogP contribution is 2.30. The van der Waals surface area contributed by atoms with Gasteiger partial charge in [-0.15, -0.1) is 6.58 Å². The fourth-order valence-electron chi connectivity index (χ4n) is 2.92. The molecule has 0 amide bonds. The molecule has 1 atom stereocenters. The molecule has 25 heavy (non-hydrogen) atoms. The van der Waals surface area contributed by atoms with E-state index in [0.717, 1.165) is 16.7 Å². The molecular formula is C20H20ClNO2S. The SMILES string of the molecule is C=CC1CN(S(=O)(=O)c2ccc(C)cc2)C/C1=C/c1ccc(Cl)cc1. The van der Waals surface area contributed by atoms with Crippen LogP contribution >= 0.6 is 11.6 Å². The van der Waals surface area contributed by atoms with Crippen molar-refractivity contribution in [2.45, 2.75) is 11.8 Å². The van der Waals surface area contributed by atoms with E-state index in [9.17, 15) is 8.42 Å².